The van der Waals surface area contributed by atoms with Gasteiger partial charge in [-0.25, -0.2) is 0 Å². The first-order valence-corrected chi connectivity index (χ1v) is 5.82. The summed E-state index contributed by atoms with van der Waals surface area (Å²) in [6.07, 6.45) is 4.75. The summed E-state index contributed by atoms with van der Waals surface area (Å²) in [5.74, 6) is 0.00369. The molecule has 0 saturated carbocycles. The fraction of sp³-hybridized carbons (Fsp3) is 0.462. The predicted molar refractivity (Wildman–Crippen MR) is 67.4 cm³/mol. The molecule has 1 rings (SSSR count). The second-order valence-electron chi connectivity index (χ2n) is 4.03. The van der Waals surface area contributed by atoms with Crippen molar-refractivity contribution in [3.05, 3.63) is 36.7 Å². The number of aromatic nitrogens is 1. The van der Waals surface area contributed by atoms with E-state index in [-0.39, 0.29) is 5.91 Å². The molecule has 1 aromatic rings. The average molecular weight is 236 g/mol. The van der Waals surface area contributed by atoms with Crippen LogP contribution < -0.4 is 5.32 Å². The fourth-order valence-corrected chi connectivity index (χ4v) is 1.64. The summed E-state index contributed by atoms with van der Waals surface area (Å²) in [7, 11) is 1.89. The molecule has 0 aliphatic rings. The predicted octanol–water partition coefficient (Wildman–Crippen LogP) is 1.53. The highest BCUT2D eigenvalue weighted by Crippen LogP contribution is 2.15. The number of aliphatic hydroxyl groups excluding tert-OH is 1. The molecule has 4 nitrogen and oxygen atoms in total. The van der Waals surface area contributed by atoms with Crippen molar-refractivity contribution in [1.29, 1.82) is 0 Å². The quantitative estimate of drug-likeness (QED) is 0.705. The van der Waals surface area contributed by atoms with Crippen LogP contribution in [0.3, 0.4) is 0 Å². The number of carbonyl (C=O) groups is 1. The first-order chi connectivity index (χ1) is 8.15. The van der Waals surface area contributed by atoms with Gasteiger partial charge in [-0.2, -0.15) is 0 Å². The standard InChI is InChI=1S/C13H20N2O2/c1-3-4-7-13(17)14-9-8-12(16)11-6-5-10-15(11)2/h3,5-6,10,12,16H,1,4,7-9H2,2H3,(H,14,17). The third-order valence-electron chi connectivity index (χ3n) is 2.64. The first-order valence-electron chi connectivity index (χ1n) is 5.82. The Balaban J connectivity index is 2.25. The zero-order chi connectivity index (χ0) is 12.7. The molecule has 1 amide bonds. The summed E-state index contributed by atoms with van der Waals surface area (Å²) >= 11 is 0. The lowest BCUT2D eigenvalue weighted by Gasteiger charge is -2.12. The van der Waals surface area contributed by atoms with Crippen LogP contribution in [0.5, 0.6) is 0 Å². The van der Waals surface area contributed by atoms with Gasteiger partial charge in [0.15, 0.2) is 0 Å². The summed E-state index contributed by atoms with van der Waals surface area (Å²) in [6, 6.07) is 3.77. The number of amides is 1. The maximum absolute atomic E-state index is 11.3. The van der Waals surface area contributed by atoms with Crippen molar-refractivity contribution in [2.45, 2.75) is 25.4 Å². The Labute approximate surface area is 102 Å². The van der Waals surface area contributed by atoms with Gasteiger partial charge >= 0.3 is 0 Å². The van der Waals surface area contributed by atoms with Crippen molar-refractivity contribution >= 4 is 5.91 Å². The number of aryl methyl sites for hydroxylation is 1. The lowest BCUT2D eigenvalue weighted by atomic mass is 10.2. The minimum atomic E-state index is -0.533. The molecule has 1 heterocycles. The molecule has 2 N–H and O–H groups in total. The summed E-state index contributed by atoms with van der Waals surface area (Å²) in [4.78, 5) is 11.3. The molecule has 4 heteroatoms. The summed E-state index contributed by atoms with van der Waals surface area (Å²) in [5, 5.41) is 12.7. The van der Waals surface area contributed by atoms with Crippen LogP contribution in [0.25, 0.3) is 0 Å². The number of nitrogens with one attached hydrogen (secondary N) is 1. The van der Waals surface area contributed by atoms with Gasteiger partial charge in [-0.1, -0.05) is 6.08 Å². The Morgan fingerprint density at radius 3 is 3.06 bits per heavy atom. The number of hydrogen-bond donors (Lipinski definition) is 2. The van der Waals surface area contributed by atoms with Crippen molar-refractivity contribution in [2.75, 3.05) is 6.54 Å². The third kappa shape index (κ3) is 4.44. The fourth-order valence-electron chi connectivity index (χ4n) is 1.64. The van der Waals surface area contributed by atoms with Gasteiger partial charge in [0.2, 0.25) is 5.91 Å². The van der Waals surface area contributed by atoms with Gasteiger partial charge in [-0.15, -0.1) is 6.58 Å². The van der Waals surface area contributed by atoms with E-state index in [1.54, 1.807) is 6.08 Å². The first kappa shape index (κ1) is 13.5. The molecule has 0 fully saturated rings. The molecule has 17 heavy (non-hydrogen) atoms. The van der Waals surface area contributed by atoms with E-state index in [1.807, 2.05) is 29.9 Å². The molecule has 0 radical (unpaired) electrons. The third-order valence-corrected chi connectivity index (χ3v) is 2.64. The zero-order valence-electron chi connectivity index (χ0n) is 10.2. The number of nitrogens with zero attached hydrogens (tertiary/aromatic N) is 1. The van der Waals surface area contributed by atoms with Gasteiger partial charge in [0.05, 0.1) is 6.10 Å². The van der Waals surface area contributed by atoms with Crippen molar-refractivity contribution in [2.24, 2.45) is 7.05 Å². The second-order valence-corrected chi connectivity index (χ2v) is 4.03. The number of carbonyl (C=O) groups excluding carboxylic acids is 1. The van der Waals surface area contributed by atoms with Crippen molar-refractivity contribution < 1.29 is 9.90 Å². The number of rotatable bonds is 7. The zero-order valence-corrected chi connectivity index (χ0v) is 10.2. The van der Waals surface area contributed by atoms with E-state index in [9.17, 15) is 9.90 Å². The van der Waals surface area contributed by atoms with Crippen LogP contribution in [0.2, 0.25) is 0 Å². The van der Waals surface area contributed by atoms with Crippen molar-refractivity contribution in [3.8, 4) is 0 Å². The minimum absolute atomic E-state index is 0.00369. The van der Waals surface area contributed by atoms with Crippen LogP contribution in [0.15, 0.2) is 31.0 Å². The van der Waals surface area contributed by atoms with Gasteiger partial charge < -0.3 is 15.0 Å². The molecule has 0 aliphatic heterocycles. The van der Waals surface area contributed by atoms with E-state index in [2.05, 4.69) is 11.9 Å². The Morgan fingerprint density at radius 2 is 2.47 bits per heavy atom. The topological polar surface area (TPSA) is 54.3 Å². The molecule has 0 bridgehead atoms. The molecule has 94 valence electrons. The Kier molecular flexibility index (Phi) is 5.49. The van der Waals surface area contributed by atoms with E-state index < -0.39 is 6.10 Å². The molecular formula is C13H20N2O2. The van der Waals surface area contributed by atoms with Gasteiger partial charge in [0.1, 0.15) is 0 Å². The number of hydrogen-bond acceptors (Lipinski definition) is 2. The number of aliphatic hydroxyl groups is 1. The molecule has 0 aromatic carbocycles. The smallest absolute Gasteiger partial charge is 0.220 e. The summed E-state index contributed by atoms with van der Waals surface area (Å²) in [5.41, 5.74) is 0.866. The highest BCUT2D eigenvalue weighted by Gasteiger charge is 2.10. The normalized spacial score (nSPS) is 12.1. The van der Waals surface area contributed by atoms with Crippen LogP contribution in [-0.4, -0.2) is 22.1 Å². The Bertz CT molecular complexity index is 371. The Morgan fingerprint density at radius 1 is 1.71 bits per heavy atom. The Hall–Kier alpha value is -1.55. The van der Waals surface area contributed by atoms with Crippen LogP contribution in [0.4, 0.5) is 0 Å². The summed E-state index contributed by atoms with van der Waals surface area (Å²) in [6.45, 7) is 4.05. The molecule has 0 saturated heterocycles. The van der Waals surface area contributed by atoms with Gasteiger partial charge in [-0.3, -0.25) is 4.79 Å². The molecule has 1 unspecified atom stereocenters. The SMILES string of the molecule is C=CCCC(=O)NCCC(O)c1cccn1C. The van der Waals surface area contributed by atoms with Gasteiger partial charge in [0, 0.05) is 31.9 Å². The van der Waals surface area contributed by atoms with Gasteiger partial charge in [-0.05, 0) is 25.0 Å². The van der Waals surface area contributed by atoms with Crippen LogP contribution in [0, 0.1) is 0 Å². The van der Waals surface area contributed by atoms with E-state index >= 15 is 0 Å². The minimum Gasteiger partial charge on any atom is -0.387 e. The van der Waals surface area contributed by atoms with E-state index in [0.29, 0.717) is 25.8 Å². The largest absolute Gasteiger partial charge is 0.387 e. The summed E-state index contributed by atoms with van der Waals surface area (Å²) < 4.78 is 1.88. The second kappa shape index (κ2) is 6.91. The lowest BCUT2D eigenvalue weighted by Crippen LogP contribution is -2.25. The van der Waals surface area contributed by atoms with E-state index in [1.165, 1.54) is 0 Å². The molecule has 0 aliphatic carbocycles. The van der Waals surface area contributed by atoms with E-state index in [4.69, 9.17) is 0 Å². The highest BCUT2D eigenvalue weighted by atomic mass is 16.3. The van der Waals surface area contributed by atoms with Crippen molar-refractivity contribution in [3.63, 3.8) is 0 Å². The monoisotopic (exact) mass is 236 g/mol. The van der Waals surface area contributed by atoms with Crippen molar-refractivity contribution in [1.82, 2.24) is 9.88 Å². The lowest BCUT2D eigenvalue weighted by molar-refractivity contribution is -0.121. The van der Waals surface area contributed by atoms with Gasteiger partial charge in [0.25, 0.3) is 0 Å². The molecule has 0 spiro atoms. The maximum Gasteiger partial charge on any atom is 0.220 e. The average Bonchev–Trinajstić information content (AvgIpc) is 2.72. The molecule has 1 aromatic heterocycles. The van der Waals surface area contributed by atoms with Crippen LogP contribution in [-0.2, 0) is 11.8 Å². The van der Waals surface area contributed by atoms with E-state index in [0.717, 1.165) is 5.69 Å². The molecular weight excluding hydrogens is 216 g/mol. The van der Waals surface area contributed by atoms with Crippen LogP contribution in [0.1, 0.15) is 31.1 Å². The number of allylic oxidation sites excluding steroid dienone is 1. The maximum atomic E-state index is 11.3. The highest BCUT2D eigenvalue weighted by molar-refractivity contribution is 5.75. The van der Waals surface area contributed by atoms with Crippen LogP contribution >= 0.6 is 0 Å². The molecule has 1 atom stereocenters.